The molecule has 17 heavy (non-hydrogen) atoms. The van der Waals surface area contributed by atoms with Gasteiger partial charge in [0.15, 0.2) is 0 Å². The van der Waals surface area contributed by atoms with Gasteiger partial charge in [0, 0.05) is 4.88 Å². The van der Waals surface area contributed by atoms with Crippen molar-refractivity contribution in [1.29, 1.82) is 0 Å². The maximum absolute atomic E-state index is 12.2. The highest BCUT2D eigenvalue weighted by Crippen LogP contribution is 2.59. The van der Waals surface area contributed by atoms with Crippen molar-refractivity contribution in [2.45, 2.75) is 24.7 Å². The second kappa shape index (κ2) is 3.82. The van der Waals surface area contributed by atoms with Crippen molar-refractivity contribution >= 4 is 17.3 Å². The Morgan fingerprint density at radius 3 is 2.59 bits per heavy atom. The molecule has 1 aromatic heterocycles. The van der Waals surface area contributed by atoms with Crippen molar-refractivity contribution in [3.05, 3.63) is 22.4 Å². The van der Waals surface area contributed by atoms with E-state index in [1.807, 2.05) is 6.07 Å². The van der Waals surface area contributed by atoms with Gasteiger partial charge in [-0.15, -0.1) is 11.3 Å². The molecule has 1 aliphatic carbocycles. The second-order valence-electron chi connectivity index (χ2n) is 4.98. The van der Waals surface area contributed by atoms with Crippen LogP contribution in [-0.4, -0.2) is 26.3 Å². The molecule has 1 saturated heterocycles. The topological polar surface area (TPSA) is 35.5 Å². The molecular weight excluding hydrogens is 236 g/mol. The van der Waals surface area contributed by atoms with Crippen LogP contribution in [0.1, 0.15) is 24.1 Å². The third kappa shape index (κ3) is 1.28. The molecule has 0 amide bonds. The van der Waals surface area contributed by atoms with Crippen molar-refractivity contribution in [3.8, 4) is 0 Å². The van der Waals surface area contributed by atoms with Gasteiger partial charge in [0.05, 0.1) is 31.2 Å². The first-order valence-corrected chi connectivity index (χ1v) is 6.83. The van der Waals surface area contributed by atoms with Crippen LogP contribution in [0.4, 0.5) is 0 Å². The molecule has 1 aliphatic heterocycles. The molecule has 0 bridgehead atoms. The molecule has 2 heterocycles. The van der Waals surface area contributed by atoms with E-state index in [1.54, 1.807) is 11.3 Å². The minimum atomic E-state index is -0.329. The molecule has 0 spiro atoms. The fraction of sp³-hybridized carbons (Fsp3) is 0.615. The van der Waals surface area contributed by atoms with Crippen LogP contribution in [0.3, 0.4) is 0 Å². The SMILES string of the molecule is COC(=O)C1(C2(c3cccs3)COC2)CCC1. The fourth-order valence-corrected chi connectivity index (χ4v) is 4.11. The van der Waals surface area contributed by atoms with E-state index >= 15 is 0 Å². The number of hydrogen-bond donors (Lipinski definition) is 0. The van der Waals surface area contributed by atoms with E-state index in [-0.39, 0.29) is 16.8 Å². The average Bonchev–Trinajstić information content (AvgIpc) is 2.72. The highest BCUT2D eigenvalue weighted by Gasteiger charge is 2.65. The smallest absolute Gasteiger partial charge is 0.312 e. The van der Waals surface area contributed by atoms with Gasteiger partial charge in [0.25, 0.3) is 0 Å². The van der Waals surface area contributed by atoms with E-state index in [4.69, 9.17) is 9.47 Å². The summed E-state index contributed by atoms with van der Waals surface area (Å²) < 4.78 is 10.5. The lowest BCUT2D eigenvalue weighted by Gasteiger charge is -2.57. The van der Waals surface area contributed by atoms with Gasteiger partial charge in [0.2, 0.25) is 0 Å². The maximum atomic E-state index is 12.2. The second-order valence-corrected chi connectivity index (χ2v) is 5.93. The Hall–Kier alpha value is -0.870. The molecule has 0 unspecified atom stereocenters. The largest absolute Gasteiger partial charge is 0.469 e. The zero-order valence-corrected chi connectivity index (χ0v) is 10.7. The zero-order valence-electron chi connectivity index (χ0n) is 9.90. The summed E-state index contributed by atoms with van der Waals surface area (Å²) in [6.45, 7) is 1.31. The van der Waals surface area contributed by atoms with Crippen molar-refractivity contribution in [3.63, 3.8) is 0 Å². The van der Waals surface area contributed by atoms with Crippen molar-refractivity contribution < 1.29 is 14.3 Å². The average molecular weight is 252 g/mol. The van der Waals surface area contributed by atoms with Crippen molar-refractivity contribution in [1.82, 2.24) is 0 Å². The Morgan fingerprint density at radius 2 is 2.24 bits per heavy atom. The summed E-state index contributed by atoms with van der Waals surface area (Å²) in [7, 11) is 1.49. The van der Waals surface area contributed by atoms with Crippen LogP contribution in [-0.2, 0) is 19.7 Å². The predicted molar refractivity (Wildman–Crippen MR) is 65.1 cm³/mol. The lowest BCUT2D eigenvalue weighted by atomic mass is 9.51. The number of rotatable bonds is 3. The highest BCUT2D eigenvalue weighted by atomic mass is 32.1. The van der Waals surface area contributed by atoms with Crippen LogP contribution in [0.2, 0.25) is 0 Å². The summed E-state index contributed by atoms with van der Waals surface area (Å²) in [6.07, 6.45) is 2.98. The number of ether oxygens (including phenoxy) is 2. The number of methoxy groups -OCH3 is 1. The van der Waals surface area contributed by atoms with Crippen LogP contribution in [0, 0.1) is 5.41 Å². The molecule has 1 saturated carbocycles. The molecule has 2 fully saturated rings. The molecule has 1 aromatic rings. The molecule has 4 heteroatoms. The third-order valence-corrected chi connectivity index (χ3v) is 5.46. The molecule has 3 nitrogen and oxygen atoms in total. The van der Waals surface area contributed by atoms with Gasteiger partial charge in [-0.1, -0.05) is 12.5 Å². The van der Waals surface area contributed by atoms with Crippen LogP contribution < -0.4 is 0 Å². The predicted octanol–water partition coefficient (Wildman–Crippen LogP) is 2.36. The Morgan fingerprint density at radius 1 is 1.47 bits per heavy atom. The number of carbonyl (C=O) groups is 1. The van der Waals surface area contributed by atoms with Gasteiger partial charge in [-0.2, -0.15) is 0 Å². The summed E-state index contributed by atoms with van der Waals surface area (Å²) in [5.74, 6) is -0.0551. The quantitative estimate of drug-likeness (QED) is 0.775. The molecule has 0 radical (unpaired) electrons. The summed E-state index contributed by atoms with van der Waals surface area (Å²) in [6, 6.07) is 4.17. The van der Waals surface area contributed by atoms with E-state index in [0.29, 0.717) is 13.2 Å². The van der Waals surface area contributed by atoms with Crippen LogP contribution >= 0.6 is 11.3 Å². The molecule has 0 aromatic carbocycles. The van der Waals surface area contributed by atoms with Crippen LogP contribution in [0.25, 0.3) is 0 Å². The van der Waals surface area contributed by atoms with Gasteiger partial charge in [0.1, 0.15) is 0 Å². The highest BCUT2D eigenvalue weighted by molar-refractivity contribution is 7.10. The van der Waals surface area contributed by atoms with Gasteiger partial charge in [-0.25, -0.2) is 0 Å². The van der Waals surface area contributed by atoms with Gasteiger partial charge < -0.3 is 9.47 Å². The zero-order chi connectivity index (χ0) is 11.9. The van der Waals surface area contributed by atoms with E-state index in [0.717, 1.165) is 19.3 Å². The van der Waals surface area contributed by atoms with E-state index in [2.05, 4.69) is 11.4 Å². The minimum absolute atomic E-state index is 0.0551. The molecule has 2 aliphatic rings. The Balaban J connectivity index is 2.02. The van der Waals surface area contributed by atoms with E-state index in [9.17, 15) is 4.79 Å². The molecule has 3 rings (SSSR count). The first-order valence-electron chi connectivity index (χ1n) is 5.95. The molecule has 0 atom stereocenters. The summed E-state index contributed by atoms with van der Waals surface area (Å²) in [4.78, 5) is 13.4. The number of hydrogen-bond acceptors (Lipinski definition) is 4. The van der Waals surface area contributed by atoms with E-state index in [1.165, 1.54) is 12.0 Å². The maximum Gasteiger partial charge on any atom is 0.312 e. The molecule has 92 valence electrons. The number of thiophene rings is 1. The summed E-state index contributed by atoms with van der Waals surface area (Å²) in [5.41, 5.74) is -0.447. The van der Waals surface area contributed by atoms with Crippen LogP contribution in [0.5, 0.6) is 0 Å². The summed E-state index contributed by atoms with van der Waals surface area (Å²) in [5, 5.41) is 2.07. The van der Waals surface area contributed by atoms with Crippen molar-refractivity contribution in [2.75, 3.05) is 20.3 Å². The summed E-state index contributed by atoms with van der Waals surface area (Å²) >= 11 is 1.72. The number of carbonyl (C=O) groups excluding carboxylic acids is 1. The normalized spacial score (nSPS) is 24.5. The van der Waals surface area contributed by atoms with Crippen LogP contribution in [0.15, 0.2) is 17.5 Å². The van der Waals surface area contributed by atoms with Gasteiger partial charge >= 0.3 is 5.97 Å². The molecular formula is C13H16O3S. The first-order chi connectivity index (χ1) is 8.25. The molecule has 0 N–H and O–H groups in total. The monoisotopic (exact) mass is 252 g/mol. The van der Waals surface area contributed by atoms with Gasteiger partial charge in [-0.3, -0.25) is 4.79 Å². The van der Waals surface area contributed by atoms with Gasteiger partial charge in [-0.05, 0) is 24.3 Å². The Labute approximate surface area is 105 Å². The Bertz CT molecular complexity index is 416. The minimum Gasteiger partial charge on any atom is -0.469 e. The van der Waals surface area contributed by atoms with E-state index < -0.39 is 0 Å². The third-order valence-electron chi connectivity index (χ3n) is 4.39. The lowest BCUT2D eigenvalue weighted by molar-refractivity contribution is -0.194. The number of esters is 1. The fourth-order valence-electron chi connectivity index (χ4n) is 3.12. The lowest BCUT2D eigenvalue weighted by Crippen LogP contribution is -2.64. The van der Waals surface area contributed by atoms with Crippen molar-refractivity contribution in [2.24, 2.45) is 5.41 Å². The first kappa shape index (κ1) is 11.2. The Kier molecular flexibility index (Phi) is 2.52. The standard InChI is InChI=1S/C13H16O3S/c1-15-11(14)12(5-3-6-12)13(8-16-9-13)10-4-2-7-17-10/h2,4,7H,3,5-6,8-9H2,1H3.